The van der Waals surface area contributed by atoms with E-state index in [1.54, 1.807) is 0 Å². The van der Waals surface area contributed by atoms with Crippen LogP contribution < -0.4 is 10.9 Å². The van der Waals surface area contributed by atoms with Crippen LogP contribution in [0.5, 0.6) is 5.75 Å². The van der Waals surface area contributed by atoms with Gasteiger partial charge in [-0.15, -0.1) is 0 Å². The van der Waals surface area contributed by atoms with Gasteiger partial charge in [-0.2, -0.15) is 0 Å². The van der Waals surface area contributed by atoms with Crippen molar-refractivity contribution in [1.82, 2.24) is 14.8 Å². The molecule has 3 heterocycles. The van der Waals surface area contributed by atoms with Crippen molar-refractivity contribution in [3.63, 3.8) is 0 Å². The lowest BCUT2D eigenvalue weighted by Gasteiger charge is -2.30. The molecule has 0 radical (unpaired) electrons. The molecule has 37 heavy (non-hydrogen) atoms. The summed E-state index contributed by atoms with van der Waals surface area (Å²) in [6.45, 7) is 0.444. The summed E-state index contributed by atoms with van der Waals surface area (Å²) in [6.07, 6.45) is 8.91. The van der Waals surface area contributed by atoms with Crippen LogP contribution in [0.3, 0.4) is 0 Å². The van der Waals surface area contributed by atoms with Gasteiger partial charge in [0, 0.05) is 18.7 Å². The molecule has 4 aliphatic rings. The molecule has 2 saturated carbocycles. The zero-order chi connectivity index (χ0) is 26.3. The van der Waals surface area contributed by atoms with Crippen LogP contribution in [0.4, 0.5) is 4.39 Å². The highest BCUT2D eigenvalue weighted by Gasteiger charge is 2.45. The molecule has 2 fully saturated rings. The number of aliphatic hydroxyl groups excluding tert-OH is 1. The first kappa shape index (κ1) is 25.7. The van der Waals surface area contributed by atoms with Crippen LogP contribution in [0.15, 0.2) is 23.0 Å². The third-order valence-corrected chi connectivity index (χ3v) is 7.93. The fourth-order valence-corrected chi connectivity index (χ4v) is 5.70. The standard InChI is InChI=1S/C20H17ClFN3O4.C7H14O/c21-12-7-9(1-4-13(12)22)8-24-6-5-11-14(19(24)28)16(26)20(29)25-15(11)18(27)23-17(25)10-2-3-10;8-7-5-3-1-2-4-6-7/h1,4,7,10,17,26H,2-3,5-6,8H2,(H,23,27);7-8H,1-6H2. The van der Waals surface area contributed by atoms with Crippen molar-refractivity contribution >= 4 is 23.4 Å². The summed E-state index contributed by atoms with van der Waals surface area (Å²) in [4.78, 5) is 39.9. The Labute approximate surface area is 219 Å². The number of carbonyl (C=O) groups is 2. The molecule has 0 spiro atoms. The van der Waals surface area contributed by atoms with E-state index in [0.717, 1.165) is 25.7 Å². The third-order valence-electron chi connectivity index (χ3n) is 7.64. The van der Waals surface area contributed by atoms with Gasteiger partial charge in [0.05, 0.1) is 16.7 Å². The Morgan fingerprint density at radius 2 is 1.76 bits per heavy atom. The number of pyridine rings is 1. The SMILES string of the molecule is O=C1NC(C2CC2)n2c1c1c(c(O)c2=O)C(=O)N(Cc2ccc(F)c(Cl)c2)CC1.OC1CCCCCC1. The summed E-state index contributed by atoms with van der Waals surface area (Å²) in [5, 5.41) is 22.4. The highest BCUT2D eigenvalue weighted by atomic mass is 35.5. The number of aliphatic hydroxyl groups is 1. The molecule has 1 aromatic heterocycles. The van der Waals surface area contributed by atoms with Crippen LogP contribution in [0.1, 0.15) is 89.5 Å². The predicted octanol–water partition coefficient (Wildman–Crippen LogP) is 3.90. The molecule has 8 nitrogen and oxygen atoms in total. The molecular weight excluding hydrogens is 501 g/mol. The first-order valence-electron chi connectivity index (χ1n) is 13.0. The Balaban J connectivity index is 0.000000301. The van der Waals surface area contributed by atoms with Crippen LogP contribution in [0.2, 0.25) is 5.02 Å². The number of amides is 2. The summed E-state index contributed by atoms with van der Waals surface area (Å²) < 4.78 is 14.7. The molecule has 6 rings (SSSR count). The van der Waals surface area contributed by atoms with E-state index < -0.39 is 29.2 Å². The van der Waals surface area contributed by atoms with Crippen molar-refractivity contribution in [3.05, 3.63) is 61.8 Å². The zero-order valence-corrected chi connectivity index (χ0v) is 21.3. The largest absolute Gasteiger partial charge is 0.502 e. The van der Waals surface area contributed by atoms with Gasteiger partial charge in [-0.3, -0.25) is 19.0 Å². The lowest BCUT2D eigenvalue weighted by molar-refractivity contribution is 0.0721. The molecule has 0 saturated heterocycles. The number of hydrogen-bond acceptors (Lipinski definition) is 5. The van der Waals surface area contributed by atoms with Gasteiger partial charge in [0.15, 0.2) is 5.75 Å². The summed E-state index contributed by atoms with van der Waals surface area (Å²) in [6, 6.07) is 4.18. The lowest BCUT2D eigenvalue weighted by atomic mass is 9.96. The van der Waals surface area contributed by atoms with E-state index in [9.17, 15) is 23.9 Å². The second kappa shape index (κ2) is 10.5. The number of hydrogen-bond donors (Lipinski definition) is 3. The summed E-state index contributed by atoms with van der Waals surface area (Å²) in [7, 11) is 0. The number of aromatic hydroxyl groups is 1. The summed E-state index contributed by atoms with van der Waals surface area (Å²) >= 11 is 5.81. The zero-order valence-electron chi connectivity index (χ0n) is 20.5. The van der Waals surface area contributed by atoms with E-state index in [0.29, 0.717) is 24.1 Å². The normalized spacial score (nSPS) is 21.5. The molecule has 0 bridgehead atoms. The van der Waals surface area contributed by atoms with Crippen LogP contribution in [0, 0.1) is 11.7 Å². The number of carbonyl (C=O) groups excluding carboxylic acids is 2. The van der Waals surface area contributed by atoms with E-state index in [1.165, 1.54) is 53.3 Å². The molecular formula is C27H31ClFN3O5. The van der Waals surface area contributed by atoms with Crippen molar-refractivity contribution in [2.24, 2.45) is 5.92 Å². The van der Waals surface area contributed by atoms with Gasteiger partial charge in [0.2, 0.25) is 0 Å². The van der Waals surface area contributed by atoms with Gasteiger partial charge in [-0.25, -0.2) is 4.39 Å². The number of nitrogens with zero attached hydrogens (tertiary/aromatic N) is 2. The predicted molar refractivity (Wildman–Crippen MR) is 135 cm³/mol. The monoisotopic (exact) mass is 531 g/mol. The van der Waals surface area contributed by atoms with E-state index in [1.807, 2.05) is 0 Å². The Bertz CT molecular complexity index is 1280. The Hall–Kier alpha value is -2.91. The Morgan fingerprint density at radius 3 is 2.41 bits per heavy atom. The van der Waals surface area contributed by atoms with E-state index in [2.05, 4.69) is 5.32 Å². The molecule has 2 aromatic rings. The smallest absolute Gasteiger partial charge is 0.295 e. The topological polar surface area (TPSA) is 112 Å². The Morgan fingerprint density at radius 1 is 1.05 bits per heavy atom. The van der Waals surface area contributed by atoms with Crippen molar-refractivity contribution in [1.29, 1.82) is 0 Å². The number of aromatic nitrogens is 1. The number of nitrogens with one attached hydrogen (secondary N) is 1. The quantitative estimate of drug-likeness (QED) is 0.520. The highest BCUT2D eigenvalue weighted by molar-refractivity contribution is 6.30. The molecule has 3 N–H and O–H groups in total. The van der Waals surface area contributed by atoms with Crippen LogP contribution in [0.25, 0.3) is 0 Å². The minimum Gasteiger partial charge on any atom is -0.502 e. The maximum absolute atomic E-state index is 13.4. The molecule has 198 valence electrons. The average Bonchev–Trinajstić information content (AvgIpc) is 3.69. The van der Waals surface area contributed by atoms with Gasteiger partial charge in [0.25, 0.3) is 17.4 Å². The van der Waals surface area contributed by atoms with E-state index in [-0.39, 0.29) is 40.8 Å². The Kier molecular flexibility index (Phi) is 7.27. The van der Waals surface area contributed by atoms with Gasteiger partial charge in [0.1, 0.15) is 17.7 Å². The molecule has 2 aliphatic carbocycles. The first-order chi connectivity index (χ1) is 17.8. The molecule has 2 amide bonds. The maximum atomic E-state index is 13.4. The van der Waals surface area contributed by atoms with Crippen molar-refractivity contribution in [2.75, 3.05) is 6.54 Å². The van der Waals surface area contributed by atoms with Crippen molar-refractivity contribution in [3.8, 4) is 5.75 Å². The third kappa shape index (κ3) is 5.11. The van der Waals surface area contributed by atoms with Crippen molar-refractivity contribution < 1.29 is 24.2 Å². The minimum absolute atomic E-state index is 0.0255. The van der Waals surface area contributed by atoms with E-state index in [4.69, 9.17) is 16.7 Å². The van der Waals surface area contributed by atoms with Crippen molar-refractivity contribution in [2.45, 2.75) is 76.6 Å². The van der Waals surface area contributed by atoms with Gasteiger partial charge in [-0.1, -0.05) is 43.4 Å². The molecule has 2 aliphatic heterocycles. The summed E-state index contributed by atoms with van der Waals surface area (Å²) in [5.41, 5.74) is 0.358. The van der Waals surface area contributed by atoms with Crippen LogP contribution in [-0.2, 0) is 13.0 Å². The van der Waals surface area contributed by atoms with Crippen LogP contribution in [-0.4, -0.2) is 44.1 Å². The van der Waals surface area contributed by atoms with E-state index >= 15 is 0 Å². The molecule has 1 aromatic carbocycles. The number of rotatable bonds is 3. The van der Waals surface area contributed by atoms with Gasteiger partial charge >= 0.3 is 0 Å². The number of fused-ring (bicyclic) bond motifs is 3. The van der Waals surface area contributed by atoms with Gasteiger partial charge < -0.3 is 20.4 Å². The molecule has 1 unspecified atom stereocenters. The average molecular weight is 532 g/mol. The number of halogens is 2. The maximum Gasteiger partial charge on any atom is 0.295 e. The second-order valence-electron chi connectivity index (χ2n) is 10.4. The summed E-state index contributed by atoms with van der Waals surface area (Å²) in [5.74, 6) is -1.93. The minimum atomic E-state index is -0.728. The number of benzene rings is 1. The fourth-order valence-electron chi connectivity index (χ4n) is 5.50. The molecule has 1 atom stereocenters. The van der Waals surface area contributed by atoms with Crippen LogP contribution >= 0.6 is 11.6 Å². The van der Waals surface area contributed by atoms with Gasteiger partial charge in [-0.05, 0) is 55.7 Å². The molecule has 10 heteroatoms. The second-order valence-corrected chi connectivity index (χ2v) is 10.8. The first-order valence-corrected chi connectivity index (χ1v) is 13.4. The highest BCUT2D eigenvalue weighted by Crippen LogP contribution is 2.42. The fraction of sp³-hybridized carbons (Fsp3) is 0.519. The lowest BCUT2D eigenvalue weighted by Crippen LogP contribution is -2.40.